The lowest BCUT2D eigenvalue weighted by Crippen LogP contribution is -2.47. The van der Waals surface area contributed by atoms with Gasteiger partial charge in [-0.2, -0.15) is 0 Å². The molecule has 1 saturated carbocycles. The third-order valence-corrected chi connectivity index (χ3v) is 4.52. The molecule has 2 rings (SSSR count). The molecule has 2 bridgehead atoms. The van der Waals surface area contributed by atoms with E-state index in [0.717, 1.165) is 6.04 Å². The normalized spacial score (nSPS) is 45.0. The van der Waals surface area contributed by atoms with Crippen molar-refractivity contribution in [1.82, 2.24) is 4.90 Å². The molecule has 0 spiro atoms. The van der Waals surface area contributed by atoms with Crippen LogP contribution in [0.15, 0.2) is 0 Å². The summed E-state index contributed by atoms with van der Waals surface area (Å²) >= 11 is 0. The van der Waals surface area contributed by atoms with Gasteiger partial charge in [0.15, 0.2) is 0 Å². The van der Waals surface area contributed by atoms with Crippen LogP contribution < -0.4 is 0 Å². The second-order valence-electron chi connectivity index (χ2n) is 5.75. The zero-order valence-corrected chi connectivity index (χ0v) is 9.56. The van der Waals surface area contributed by atoms with Crippen molar-refractivity contribution >= 4 is 0 Å². The summed E-state index contributed by atoms with van der Waals surface area (Å²) in [5, 5.41) is 0. The van der Waals surface area contributed by atoms with Crippen LogP contribution in [-0.4, -0.2) is 23.0 Å². The van der Waals surface area contributed by atoms with E-state index in [4.69, 9.17) is 0 Å². The Morgan fingerprint density at radius 2 is 2.00 bits per heavy atom. The van der Waals surface area contributed by atoms with E-state index in [1.807, 2.05) is 0 Å². The summed E-state index contributed by atoms with van der Waals surface area (Å²) in [6, 6.07) is 0.735. The molecular formula is C12H23N. The van der Waals surface area contributed by atoms with Gasteiger partial charge in [0, 0.05) is 18.1 Å². The third kappa shape index (κ3) is 1.24. The van der Waals surface area contributed by atoms with Crippen LogP contribution in [0.3, 0.4) is 0 Å². The molecule has 0 N–H and O–H groups in total. The average Bonchev–Trinajstić information content (AvgIpc) is 2.55. The minimum absolute atomic E-state index is 0.546. The zero-order chi connectivity index (χ0) is 9.69. The van der Waals surface area contributed by atoms with E-state index in [0.29, 0.717) is 11.0 Å². The highest BCUT2D eigenvalue weighted by Gasteiger charge is 2.55. The summed E-state index contributed by atoms with van der Waals surface area (Å²) in [5.41, 5.74) is 1.24. The third-order valence-electron chi connectivity index (χ3n) is 4.52. The molecule has 1 heterocycles. The molecule has 1 nitrogen and oxygen atoms in total. The van der Waals surface area contributed by atoms with Crippen LogP contribution in [-0.2, 0) is 0 Å². The standard InChI is InChI=1S/C12H23N/c1-5-12-7-6-11(4,8-12)13(9-12)10(2)3/h10H,5-9H2,1-4H3. The van der Waals surface area contributed by atoms with Gasteiger partial charge >= 0.3 is 0 Å². The monoisotopic (exact) mass is 181 g/mol. The van der Waals surface area contributed by atoms with Crippen LogP contribution in [0, 0.1) is 5.41 Å². The largest absolute Gasteiger partial charge is 0.295 e. The number of piperidine rings is 1. The lowest BCUT2D eigenvalue weighted by molar-refractivity contribution is 0.0799. The second kappa shape index (κ2) is 2.73. The molecule has 1 aliphatic carbocycles. The Balaban J connectivity index is 2.21. The van der Waals surface area contributed by atoms with E-state index < -0.39 is 0 Å². The Labute approximate surface area is 82.5 Å². The van der Waals surface area contributed by atoms with E-state index in [-0.39, 0.29) is 0 Å². The maximum atomic E-state index is 2.74. The quantitative estimate of drug-likeness (QED) is 0.633. The molecule has 1 heteroatoms. The van der Waals surface area contributed by atoms with E-state index >= 15 is 0 Å². The highest BCUT2D eigenvalue weighted by atomic mass is 15.3. The molecule has 1 aliphatic heterocycles. The number of hydrogen-bond acceptors (Lipinski definition) is 1. The summed E-state index contributed by atoms with van der Waals surface area (Å²) in [4.78, 5) is 2.74. The number of hydrogen-bond donors (Lipinski definition) is 0. The highest BCUT2D eigenvalue weighted by molar-refractivity contribution is 5.10. The first-order chi connectivity index (χ1) is 6.01. The molecule has 1 saturated heterocycles. The molecule has 0 amide bonds. The molecule has 0 radical (unpaired) electrons. The van der Waals surface area contributed by atoms with Crippen LogP contribution in [0.5, 0.6) is 0 Å². The van der Waals surface area contributed by atoms with Crippen molar-refractivity contribution in [2.45, 2.75) is 65.0 Å². The fourth-order valence-electron chi connectivity index (χ4n) is 3.67. The summed E-state index contributed by atoms with van der Waals surface area (Å²) < 4.78 is 0. The van der Waals surface area contributed by atoms with Crippen molar-refractivity contribution in [3.8, 4) is 0 Å². The van der Waals surface area contributed by atoms with Gasteiger partial charge in [-0.15, -0.1) is 0 Å². The van der Waals surface area contributed by atoms with Gasteiger partial charge in [0.05, 0.1) is 0 Å². The van der Waals surface area contributed by atoms with Gasteiger partial charge in [-0.1, -0.05) is 6.92 Å². The molecule has 76 valence electrons. The van der Waals surface area contributed by atoms with Gasteiger partial charge in [0.2, 0.25) is 0 Å². The molecule has 2 unspecified atom stereocenters. The maximum Gasteiger partial charge on any atom is 0.0190 e. The molecule has 0 aromatic rings. The van der Waals surface area contributed by atoms with Gasteiger partial charge in [-0.05, 0) is 51.9 Å². The van der Waals surface area contributed by atoms with E-state index in [9.17, 15) is 0 Å². The second-order valence-corrected chi connectivity index (χ2v) is 5.75. The average molecular weight is 181 g/mol. The number of fused-ring (bicyclic) bond motifs is 2. The molecular weight excluding hydrogens is 158 g/mol. The van der Waals surface area contributed by atoms with Crippen LogP contribution in [0.25, 0.3) is 0 Å². The van der Waals surface area contributed by atoms with Crippen molar-refractivity contribution in [3.05, 3.63) is 0 Å². The Bertz CT molecular complexity index is 211. The number of nitrogens with zero attached hydrogens (tertiary/aromatic N) is 1. The van der Waals surface area contributed by atoms with Gasteiger partial charge in [-0.25, -0.2) is 0 Å². The van der Waals surface area contributed by atoms with Crippen LogP contribution in [0.4, 0.5) is 0 Å². The minimum atomic E-state index is 0.546. The molecule has 2 atom stereocenters. The van der Waals surface area contributed by atoms with Gasteiger partial charge < -0.3 is 0 Å². The maximum absolute atomic E-state index is 2.74. The first-order valence-corrected chi connectivity index (χ1v) is 5.78. The molecule has 13 heavy (non-hydrogen) atoms. The van der Waals surface area contributed by atoms with Gasteiger partial charge in [-0.3, -0.25) is 4.90 Å². The zero-order valence-electron chi connectivity index (χ0n) is 9.56. The summed E-state index contributed by atoms with van der Waals surface area (Å²) in [6.07, 6.45) is 5.74. The Morgan fingerprint density at radius 1 is 1.31 bits per heavy atom. The van der Waals surface area contributed by atoms with Gasteiger partial charge in [0.1, 0.15) is 0 Å². The van der Waals surface area contributed by atoms with Gasteiger partial charge in [0.25, 0.3) is 0 Å². The predicted molar refractivity (Wildman–Crippen MR) is 56.8 cm³/mol. The van der Waals surface area contributed by atoms with E-state index in [2.05, 4.69) is 32.6 Å². The summed E-state index contributed by atoms with van der Waals surface area (Å²) in [6.45, 7) is 10.9. The lowest BCUT2D eigenvalue weighted by Gasteiger charge is -2.40. The highest BCUT2D eigenvalue weighted by Crippen LogP contribution is 2.56. The van der Waals surface area contributed by atoms with Crippen LogP contribution in [0.1, 0.15) is 53.4 Å². The van der Waals surface area contributed by atoms with Crippen molar-refractivity contribution in [2.75, 3.05) is 6.54 Å². The molecule has 0 aromatic heterocycles. The summed E-state index contributed by atoms with van der Waals surface area (Å²) in [5.74, 6) is 0. The Hall–Kier alpha value is -0.0400. The van der Waals surface area contributed by atoms with Crippen molar-refractivity contribution in [3.63, 3.8) is 0 Å². The molecule has 2 fully saturated rings. The lowest BCUT2D eigenvalue weighted by atomic mass is 9.84. The number of likely N-dealkylation sites (tertiary alicyclic amines) is 1. The van der Waals surface area contributed by atoms with Crippen molar-refractivity contribution < 1.29 is 0 Å². The molecule has 0 aromatic carbocycles. The minimum Gasteiger partial charge on any atom is -0.295 e. The van der Waals surface area contributed by atoms with E-state index in [1.165, 1.54) is 32.2 Å². The first kappa shape index (κ1) is 9.51. The number of rotatable bonds is 2. The fraction of sp³-hybridized carbons (Fsp3) is 1.00. The Morgan fingerprint density at radius 3 is 2.38 bits per heavy atom. The van der Waals surface area contributed by atoms with Crippen LogP contribution >= 0.6 is 0 Å². The first-order valence-electron chi connectivity index (χ1n) is 5.78. The van der Waals surface area contributed by atoms with E-state index in [1.54, 1.807) is 0 Å². The topological polar surface area (TPSA) is 3.24 Å². The van der Waals surface area contributed by atoms with Crippen LogP contribution in [0.2, 0.25) is 0 Å². The van der Waals surface area contributed by atoms with Crippen molar-refractivity contribution in [2.24, 2.45) is 5.41 Å². The fourth-order valence-corrected chi connectivity index (χ4v) is 3.67. The van der Waals surface area contributed by atoms with Crippen molar-refractivity contribution in [1.29, 1.82) is 0 Å². The smallest absolute Gasteiger partial charge is 0.0190 e. The summed E-state index contributed by atoms with van der Waals surface area (Å²) in [7, 11) is 0. The SMILES string of the molecule is CCC12CCC(C)(C1)N(C(C)C)C2. The predicted octanol–water partition coefficient (Wildman–Crippen LogP) is 3.05. The molecule has 2 aliphatic rings. The Kier molecular flexibility index (Phi) is 1.99.